The second-order valence-corrected chi connectivity index (χ2v) is 4.80. The topological polar surface area (TPSA) is 25.8 Å². The molecule has 0 N–H and O–H groups in total. The summed E-state index contributed by atoms with van der Waals surface area (Å²) in [7, 11) is 0. The Bertz CT molecular complexity index is 515. The van der Waals surface area contributed by atoms with Crippen LogP contribution in [-0.2, 0) is 5.41 Å². The molecular weight excluding hydrogens is 196 g/mol. The normalized spacial score (nSPS) is 12.3. The van der Waals surface area contributed by atoms with E-state index < -0.39 is 0 Å². The summed E-state index contributed by atoms with van der Waals surface area (Å²) < 4.78 is 8.24. The molecule has 0 aliphatic heterocycles. The minimum absolute atomic E-state index is 0.0520. The van der Waals surface area contributed by atoms with E-state index in [0.29, 0.717) is 11.7 Å². The lowest BCUT2D eigenvalue weighted by Crippen LogP contribution is -2.11. The van der Waals surface area contributed by atoms with Gasteiger partial charge in [-0.15, -0.1) is 0 Å². The molecule has 0 bridgehead atoms. The van der Waals surface area contributed by atoms with Crippen LogP contribution in [0.15, 0.2) is 42.7 Å². The van der Waals surface area contributed by atoms with Crippen LogP contribution in [0.4, 0.5) is 0 Å². The lowest BCUT2D eigenvalue weighted by Gasteiger charge is -2.19. The van der Waals surface area contributed by atoms with Crippen molar-refractivity contribution in [3.8, 4) is 11.4 Å². The van der Waals surface area contributed by atoms with Crippen LogP contribution in [0.25, 0.3) is 11.4 Å². The quantitative estimate of drug-likeness (QED) is 0.725. The van der Waals surface area contributed by atoms with Crippen molar-refractivity contribution in [2.75, 3.05) is 0 Å². The van der Waals surface area contributed by atoms with Crippen molar-refractivity contribution in [3.63, 3.8) is 0 Å². The Labute approximate surface area is 97.8 Å². The molecule has 0 saturated carbocycles. The zero-order valence-corrected chi connectivity index (χ0v) is 9.86. The first kappa shape index (κ1) is 9.52. The van der Waals surface area contributed by atoms with Gasteiger partial charge < -0.3 is 0 Å². The molecular formula is C14H16N2. The number of nitrogens with zero attached hydrogens (tertiary/aromatic N) is 2. The maximum Gasteiger partial charge on any atom is 0.0889 e. The SMILES string of the molecule is [2H]c1c(C(C)(C)C)ccnc1-c1ccccn1. The molecule has 0 unspecified atom stereocenters. The summed E-state index contributed by atoms with van der Waals surface area (Å²) in [6.07, 6.45) is 3.48. The molecule has 2 aromatic heterocycles. The van der Waals surface area contributed by atoms with Gasteiger partial charge in [0.2, 0.25) is 0 Å². The van der Waals surface area contributed by atoms with Gasteiger partial charge in [-0.1, -0.05) is 26.8 Å². The third-order valence-corrected chi connectivity index (χ3v) is 2.41. The molecule has 0 fully saturated rings. The maximum absolute atomic E-state index is 8.24. The van der Waals surface area contributed by atoms with Crippen molar-refractivity contribution >= 4 is 0 Å². The number of hydrogen-bond donors (Lipinski definition) is 0. The molecule has 0 spiro atoms. The summed E-state index contributed by atoms with van der Waals surface area (Å²) in [5, 5.41) is 0. The zero-order valence-electron chi connectivity index (χ0n) is 10.9. The van der Waals surface area contributed by atoms with Crippen molar-refractivity contribution < 1.29 is 1.37 Å². The monoisotopic (exact) mass is 213 g/mol. The average molecular weight is 213 g/mol. The van der Waals surface area contributed by atoms with Crippen LogP contribution in [0.5, 0.6) is 0 Å². The van der Waals surface area contributed by atoms with E-state index in [1.807, 2.05) is 24.3 Å². The Morgan fingerprint density at radius 1 is 1.00 bits per heavy atom. The van der Waals surface area contributed by atoms with Crippen LogP contribution in [0, 0.1) is 0 Å². The number of aromatic nitrogens is 2. The second kappa shape index (κ2) is 4.05. The van der Waals surface area contributed by atoms with E-state index in [4.69, 9.17) is 1.37 Å². The summed E-state index contributed by atoms with van der Waals surface area (Å²) in [4.78, 5) is 8.52. The van der Waals surface area contributed by atoms with Crippen molar-refractivity contribution in [1.82, 2.24) is 9.97 Å². The number of hydrogen-bond acceptors (Lipinski definition) is 2. The van der Waals surface area contributed by atoms with Gasteiger partial charge in [-0.3, -0.25) is 9.97 Å². The minimum atomic E-state index is -0.0520. The molecule has 0 saturated heterocycles. The largest absolute Gasteiger partial charge is 0.255 e. The van der Waals surface area contributed by atoms with Crippen LogP contribution in [0.1, 0.15) is 27.7 Å². The highest BCUT2D eigenvalue weighted by atomic mass is 14.8. The maximum atomic E-state index is 8.24. The molecule has 16 heavy (non-hydrogen) atoms. The third kappa shape index (κ3) is 2.27. The molecule has 82 valence electrons. The second-order valence-electron chi connectivity index (χ2n) is 4.80. The molecule has 0 aliphatic carbocycles. The number of rotatable bonds is 1. The molecule has 0 atom stereocenters. The van der Waals surface area contributed by atoms with Crippen LogP contribution < -0.4 is 0 Å². The summed E-state index contributed by atoms with van der Waals surface area (Å²) in [6, 6.07) is 8.04. The molecule has 2 heterocycles. The van der Waals surface area contributed by atoms with E-state index in [2.05, 4.69) is 30.7 Å². The predicted octanol–water partition coefficient (Wildman–Crippen LogP) is 3.44. The van der Waals surface area contributed by atoms with Gasteiger partial charge in [-0.25, -0.2) is 0 Å². The Kier molecular flexibility index (Phi) is 2.41. The Morgan fingerprint density at radius 3 is 2.38 bits per heavy atom. The molecule has 2 rings (SSSR count). The predicted molar refractivity (Wildman–Crippen MR) is 66.2 cm³/mol. The van der Waals surface area contributed by atoms with Gasteiger partial charge in [0.1, 0.15) is 0 Å². The van der Waals surface area contributed by atoms with Gasteiger partial charge in [-0.05, 0) is 35.2 Å². The van der Waals surface area contributed by atoms with E-state index in [0.717, 1.165) is 11.3 Å². The van der Waals surface area contributed by atoms with Gasteiger partial charge in [0.15, 0.2) is 0 Å². The summed E-state index contributed by atoms with van der Waals surface area (Å²) in [5.41, 5.74) is 2.35. The Morgan fingerprint density at radius 2 is 1.75 bits per heavy atom. The van der Waals surface area contributed by atoms with Crippen LogP contribution in [0.2, 0.25) is 0 Å². The van der Waals surface area contributed by atoms with Crippen molar-refractivity contribution in [3.05, 3.63) is 48.3 Å². The fourth-order valence-electron chi connectivity index (χ4n) is 1.46. The van der Waals surface area contributed by atoms with E-state index in [-0.39, 0.29) is 5.41 Å². The van der Waals surface area contributed by atoms with Crippen LogP contribution in [-0.4, -0.2) is 9.97 Å². The summed E-state index contributed by atoms with van der Waals surface area (Å²) in [5.74, 6) is 0. The van der Waals surface area contributed by atoms with Crippen molar-refractivity contribution in [1.29, 1.82) is 0 Å². The first-order chi connectivity index (χ1) is 8.00. The van der Waals surface area contributed by atoms with Crippen LogP contribution >= 0.6 is 0 Å². The molecule has 0 aliphatic rings. The molecule has 0 amide bonds. The number of pyridine rings is 2. The van der Waals surface area contributed by atoms with Gasteiger partial charge >= 0.3 is 0 Å². The average Bonchev–Trinajstić information content (AvgIpc) is 2.29. The smallest absolute Gasteiger partial charge is 0.0889 e. The fourth-order valence-corrected chi connectivity index (χ4v) is 1.46. The molecule has 2 nitrogen and oxygen atoms in total. The molecule has 2 heteroatoms. The highest BCUT2D eigenvalue weighted by molar-refractivity contribution is 5.54. The molecule has 0 aromatic carbocycles. The highest BCUT2D eigenvalue weighted by Gasteiger charge is 2.14. The zero-order chi connectivity index (χ0) is 12.5. The molecule has 2 aromatic rings. The van der Waals surface area contributed by atoms with E-state index in [1.165, 1.54) is 0 Å². The van der Waals surface area contributed by atoms with Gasteiger partial charge in [0, 0.05) is 12.4 Å². The van der Waals surface area contributed by atoms with E-state index in [9.17, 15) is 0 Å². The first-order valence-corrected chi connectivity index (χ1v) is 5.37. The summed E-state index contributed by atoms with van der Waals surface area (Å²) >= 11 is 0. The molecule has 0 radical (unpaired) electrons. The summed E-state index contributed by atoms with van der Waals surface area (Å²) in [6.45, 7) is 6.30. The lowest BCUT2D eigenvalue weighted by molar-refractivity contribution is 0.589. The van der Waals surface area contributed by atoms with E-state index in [1.54, 1.807) is 12.4 Å². The van der Waals surface area contributed by atoms with Gasteiger partial charge in [0.25, 0.3) is 0 Å². The van der Waals surface area contributed by atoms with Crippen LogP contribution in [0.3, 0.4) is 0 Å². The lowest BCUT2D eigenvalue weighted by atomic mass is 9.87. The first-order valence-electron chi connectivity index (χ1n) is 5.87. The fraction of sp³-hybridized carbons (Fsp3) is 0.286. The third-order valence-electron chi connectivity index (χ3n) is 2.41. The Hall–Kier alpha value is -1.70. The minimum Gasteiger partial charge on any atom is -0.255 e. The van der Waals surface area contributed by atoms with Crippen molar-refractivity contribution in [2.45, 2.75) is 26.2 Å². The van der Waals surface area contributed by atoms with E-state index >= 15 is 0 Å². The van der Waals surface area contributed by atoms with Gasteiger partial charge in [0.05, 0.1) is 12.8 Å². The Balaban J connectivity index is 2.58. The standard InChI is InChI=1S/C14H16N2/c1-14(2,3)11-7-9-16-13(10-11)12-6-4-5-8-15-12/h4-10H,1-3H3/i10D. The highest BCUT2D eigenvalue weighted by Crippen LogP contribution is 2.24. The van der Waals surface area contributed by atoms with Gasteiger partial charge in [-0.2, -0.15) is 0 Å². The van der Waals surface area contributed by atoms with Crippen molar-refractivity contribution in [2.24, 2.45) is 0 Å².